The van der Waals surface area contributed by atoms with Crippen LogP contribution in [0.1, 0.15) is 16.2 Å². The first-order valence-electron chi connectivity index (χ1n) is 5.58. The zero-order valence-corrected chi connectivity index (χ0v) is 12.6. The Balaban J connectivity index is 1.76. The molecule has 1 N–H and O–H groups in total. The average Bonchev–Trinajstić information content (AvgIpc) is 3.10. The number of rotatable bonds is 3. The zero-order chi connectivity index (χ0) is 14.1. The molecule has 102 valence electrons. The molecule has 3 rings (SSSR count). The highest BCUT2D eigenvalue weighted by Crippen LogP contribution is 2.32. The van der Waals surface area contributed by atoms with E-state index in [1.54, 1.807) is 13.0 Å². The van der Waals surface area contributed by atoms with Crippen molar-refractivity contribution in [2.45, 2.75) is 6.92 Å². The van der Waals surface area contributed by atoms with E-state index in [4.69, 9.17) is 16.1 Å². The lowest BCUT2D eigenvalue weighted by Crippen LogP contribution is -2.10. The minimum atomic E-state index is -0.365. The number of nitrogens with zero attached hydrogens (tertiary/aromatic N) is 2. The third-order valence-corrected chi connectivity index (χ3v) is 4.41. The Labute approximate surface area is 127 Å². The summed E-state index contributed by atoms with van der Waals surface area (Å²) in [6.45, 7) is 1.75. The van der Waals surface area contributed by atoms with Gasteiger partial charge in [-0.15, -0.1) is 22.7 Å². The summed E-state index contributed by atoms with van der Waals surface area (Å²) in [6, 6.07) is 5.28. The molecule has 0 fully saturated rings. The molecule has 20 heavy (non-hydrogen) atoms. The van der Waals surface area contributed by atoms with Gasteiger partial charge in [0.25, 0.3) is 5.91 Å². The lowest BCUT2D eigenvalue weighted by Gasteiger charge is -1.96. The first-order valence-corrected chi connectivity index (χ1v) is 7.65. The number of hydrogen-bond acceptors (Lipinski definition) is 6. The number of aromatic nitrogens is 2. The average molecular weight is 326 g/mol. The second-order valence-corrected chi connectivity index (χ2v) is 6.50. The van der Waals surface area contributed by atoms with E-state index in [1.807, 2.05) is 17.5 Å². The van der Waals surface area contributed by atoms with E-state index in [-0.39, 0.29) is 11.7 Å². The van der Waals surface area contributed by atoms with Crippen LogP contribution in [-0.4, -0.2) is 16.0 Å². The van der Waals surface area contributed by atoms with E-state index in [1.165, 1.54) is 22.7 Å². The van der Waals surface area contributed by atoms with Crippen LogP contribution in [0.3, 0.4) is 0 Å². The molecule has 5 nitrogen and oxygen atoms in total. The summed E-state index contributed by atoms with van der Waals surface area (Å²) in [5.41, 5.74) is 1.44. The van der Waals surface area contributed by atoms with Gasteiger partial charge < -0.3 is 4.52 Å². The molecular weight excluding hydrogens is 318 g/mol. The number of amides is 1. The van der Waals surface area contributed by atoms with E-state index < -0.39 is 0 Å². The van der Waals surface area contributed by atoms with Crippen molar-refractivity contribution in [1.29, 1.82) is 0 Å². The van der Waals surface area contributed by atoms with Crippen molar-refractivity contribution in [3.8, 4) is 10.6 Å². The quantitative estimate of drug-likeness (QED) is 0.788. The molecule has 8 heteroatoms. The summed E-state index contributed by atoms with van der Waals surface area (Å²) in [5.74, 6) is -0.200. The molecule has 0 spiro atoms. The Morgan fingerprint density at radius 2 is 2.30 bits per heavy atom. The van der Waals surface area contributed by atoms with Crippen LogP contribution in [-0.2, 0) is 0 Å². The van der Waals surface area contributed by atoms with Crippen molar-refractivity contribution in [1.82, 2.24) is 10.1 Å². The fraction of sp³-hybridized carbons (Fsp3) is 0.0833. The highest BCUT2D eigenvalue weighted by Gasteiger charge is 2.14. The Morgan fingerprint density at radius 3 is 2.95 bits per heavy atom. The van der Waals surface area contributed by atoms with Gasteiger partial charge in [0.2, 0.25) is 5.76 Å². The molecule has 0 aromatic carbocycles. The fourth-order valence-corrected chi connectivity index (χ4v) is 3.31. The van der Waals surface area contributed by atoms with Gasteiger partial charge in [0.15, 0.2) is 5.13 Å². The van der Waals surface area contributed by atoms with Gasteiger partial charge in [-0.2, -0.15) is 0 Å². The summed E-state index contributed by atoms with van der Waals surface area (Å²) in [6.07, 6.45) is 0. The van der Waals surface area contributed by atoms with Crippen LogP contribution >= 0.6 is 34.3 Å². The number of nitrogens with one attached hydrogen (secondary N) is 1. The summed E-state index contributed by atoms with van der Waals surface area (Å²) in [7, 11) is 0. The molecule has 0 atom stereocenters. The Hall–Kier alpha value is -1.70. The van der Waals surface area contributed by atoms with E-state index in [9.17, 15) is 4.79 Å². The predicted octanol–water partition coefficient (Wildman–Crippen LogP) is 4.07. The number of thiazole rings is 1. The highest BCUT2D eigenvalue weighted by molar-refractivity contribution is 7.20. The molecule has 3 aromatic rings. The van der Waals surface area contributed by atoms with E-state index >= 15 is 0 Å². The van der Waals surface area contributed by atoms with Crippen LogP contribution in [0.15, 0.2) is 28.1 Å². The maximum atomic E-state index is 11.9. The number of anilines is 1. The lowest BCUT2D eigenvalue weighted by molar-refractivity contribution is 0.0988. The Kier molecular flexibility index (Phi) is 3.56. The van der Waals surface area contributed by atoms with Gasteiger partial charge in [-0.05, 0) is 19.1 Å². The van der Waals surface area contributed by atoms with Gasteiger partial charge in [-0.25, -0.2) is 4.98 Å². The van der Waals surface area contributed by atoms with Gasteiger partial charge in [-0.1, -0.05) is 16.8 Å². The maximum Gasteiger partial charge on any atom is 0.296 e. The number of carbonyl (C=O) groups is 1. The molecule has 3 aromatic heterocycles. The normalized spacial score (nSPS) is 10.7. The summed E-state index contributed by atoms with van der Waals surface area (Å²) in [4.78, 5) is 17.2. The van der Waals surface area contributed by atoms with Crippen LogP contribution in [0, 0.1) is 6.92 Å². The van der Waals surface area contributed by atoms with Crippen LogP contribution in [0.25, 0.3) is 10.6 Å². The minimum Gasteiger partial charge on any atom is -0.351 e. The van der Waals surface area contributed by atoms with Gasteiger partial charge >= 0.3 is 0 Å². The second-order valence-electron chi connectivity index (χ2n) is 3.93. The number of carbonyl (C=O) groups excluding carboxylic acids is 1. The fourth-order valence-electron chi connectivity index (χ4n) is 1.53. The van der Waals surface area contributed by atoms with E-state index in [2.05, 4.69) is 15.5 Å². The van der Waals surface area contributed by atoms with E-state index in [0.29, 0.717) is 15.2 Å². The van der Waals surface area contributed by atoms with Crippen molar-refractivity contribution < 1.29 is 9.32 Å². The first-order chi connectivity index (χ1) is 9.61. The summed E-state index contributed by atoms with van der Waals surface area (Å²) >= 11 is 8.67. The van der Waals surface area contributed by atoms with Gasteiger partial charge in [0.1, 0.15) is 0 Å². The van der Waals surface area contributed by atoms with E-state index in [0.717, 1.165) is 10.6 Å². The standard InChI is InChI=1S/C12H8ClN3O2S2/c1-6-4-8(18-16-6)11(17)15-12-14-7(5-19-12)9-2-3-10(13)20-9/h2-5H,1H3,(H,14,15,17). The van der Waals surface area contributed by atoms with Gasteiger partial charge in [-0.3, -0.25) is 10.1 Å². The van der Waals surface area contributed by atoms with Crippen molar-refractivity contribution in [2.75, 3.05) is 5.32 Å². The molecule has 0 saturated heterocycles. The molecule has 0 aliphatic rings. The topological polar surface area (TPSA) is 68.0 Å². The SMILES string of the molecule is Cc1cc(C(=O)Nc2nc(-c3ccc(Cl)s3)cs2)on1. The summed E-state index contributed by atoms with van der Waals surface area (Å²) in [5, 5.41) is 8.71. The molecule has 0 unspecified atom stereocenters. The zero-order valence-electron chi connectivity index (χ0n) is 10.2. The van der Waals surface area contributed by atoms with Gasteiger partial charge in [0, 0.05) is 11.4 Å². The number of thiophene rings is 1. The molecule has 1 amide bonds. The number of hydrogen-bond donors (Lipinski definition) is 1. The third-order valence-electron chi connectivity index (χ3n) is 2.40. The smallest absolute Gasteiger partial charge is 0.296 e. The monoisotopic (exact) mass is 325 g/mol. The lowest BCUT2D eigenvalue weighted by atomic mass is 10.4. The Morgan fingerprint density at radius 1 is 1.45 bits per heavy atom. The van der Waals surface area contributed by atoms with Crippen molar-refractivity contribution >= 4 is 45.3 Å². The first kappa shape index (κ1) is 13.3. The minimum absolute atomic E-state index is 0.165. The summed E-state index contributed by atoms with van der Waals surface area (Å²) < 4.78 is 5.60. The van der Waals surface area contributed by atoms with Crippen molar-refractivity contribution in [2.24, 2.45) is 0 Å². The van der Waals surface area contributed by atoms with Crippen LogP contribution in [0.5, 0.6) is 0 Å². The largest absolute Gasteiger partial charge is 0.351 e. The van der Waals surface area contributed by atoms with Crippen LogP contribution in [0.4, 0.5) is 5.13 Å². The van der Waals surface area contributed by atoms with Crippen LogP contribution < -0.4 is 5.32 Å². The molecule has 0 bridgehead atoms. The Bertz CT molecular complexity index is 762. The molecular formula is C12H8ClN3O2S2. The third kappa shape index (κ3) is 2.74. The maximum absolute atomic E-state index is 11.9. The van der Waals surface area contributed by atoms with Gasteiger partial charge in [0.05, 0.1) is 20.6 Å². The number of halogens is 1. The molecule has 0 saturated carbocycles. The highest BCUT2D eigenvalue weighted by atomic mass is 35.5. The molecule has 3 heterocycles. The predicted molar refractivity (Wildman–Crippen MR) is 79.6 cm³/mol. The molecule has 0 aliphatic heterocycles. The molecule has 0 aliphatic carbocycles. The molecule has 0 radical (unpaired) electrons. The van der Waals surface area contributed by atoms with Crippen LogP contribution in [0.2, 0.25) is 4.34 Å². The number of aryl methyl sites for hydroxylation is 1. The second kappa shape index (κ2) is 5.35. The van der Waals surface area contributed by atoms with Crippen molar-refractivity contribution in [3.05, 3.63) is 39.4 Å². The van der Waals surface area contributed by atoms with Crippen molar-refractivity contribution in [3.63, 3.8) is 0 Å².